The first-order valence-electron chi connectivity index (χ1n) is 5.58. The fraction of sp³-hybridized carbons (Fsp3) is 0.154. The standard InChI is InChI=1S/C13H12ClN5/c1-18(2)13(14)17-12-10(8-15)9-16-19(12)11-6-4-3-5-7-11/h3-7,9H,1-2H3/b17-13+. The molecule has 0 bridgehead atoms. The summed E-state index contributed by atoms with van der Waals surface area (Å²) in [6.45, 7) is 0. The zero-order valence-corrected chi connectivity index (χ0v) is 11.3. The van der Waals surface area contributed by atoms with Gasteiger partial charge in [-0.3, -0.25) is 0 Å². The Kier molecular flexibility index (Phi) is 3.83. The Labute approximate surface area is 116 Å². The molecule has 0 spiro atoms. The lowest BCUT2D eigenvalue weighted by atomic mass is 10.3. The Balaban J connectivity index is 2.56. The van der Waals surface area contributed by atoms with Gasteiger partial charge < -0.3 is 4.90 Å². The first-order chi connectivity index (χ1) is 9.13. The smallest absolute Gasteiger partial charge is 0.200 e. The highest BCUT2D eigenvalue weighted by atomic mass is 35.5. The highest BCUT2D eigenvalue weighted by Crippen LogP contribution is 2.23. The molecule has 0 amide bonds. The zero-order valence-electron chi connectivity index (χ0n) is 10.6. The Morgan fingerprint density at radius 2 is 2.05 bits per heavy atom. The van der Waals surface area contributed by atoms with Crippen LogP contribution in [0.2, 0.25) is 0 Å². The van der Waals surface area contributed by atoms with Gasteiger partial charge in [-0.15, -0.1) is 0 Å². The number of para-hydroxylation sites is 1. The molecule has 0 unspecified atom stereocenters. The maximum absolute atomic E-state index is 9.10. The van der Waals surface area contributed by atoms with Gasteiger partial charge in [-0.1, -0.05) is 18.2 Å². The van der Waals surface area contributed by atoms with Crippen LogP contribution in [-0.2, 0) is 0 Å². The van der Waals surface area contributed by atoms with Crippen LogP contribution < -0.4 is 0 Å². The minimum absolute atomic E-state index is 0.286. The molecule has 1 aromatic carbocycles. The molecule has 0 radical (unpaired) electrons. The molecular formula is C13H12ClN5. The number of rotatable bonds is 2. The van der Waals surface area contributed by atoms with Gasteiger partial charge in [0.05, 0.1) is 11.9 Å². The summed E-state index contributed by atoms with van der Waals surface area (Å²) in [6, 6.07) is 11.5. The van der Waals surface area contributed by atoms with Crippen molar-refractivity contribution in [3.63, 3.8) is 0 Å². The molecule has 0 atom stereocenters. The van der Waals surface area contributed by atoms with E-state index in [0.29, 0.717) is 11.4 Å². The normalized spacial score (nSPS) is 11.2. The molecule has 96 valence electrons. The van der Waals surface area contributed by atoms with Crippen molar-refractivity contribution in [3.05, 3.63) is 42.1 Å². The van der Waals surface area contributed by atoms with Gasteiger partial charge in [0, 0.05) is 14.1 Å². The number of amidine groups is 1. The van der Waals surface area contributed by atoms with Crippen LogP contribution in [0.3, 0.4) is 0 Å². The third-order valence-corrected chi connectivity index (χ3v) is 2.85. The van der Waals surface area contributed by atoms with Crippen molar-refractivity contribution in [3.8, 4) is 11.8 Å². The number of halogens is 1. The number of nitrogens with zero attached hydrogens (tertiary/aromatic N) is 5. The van der Waals surface area contributed by atoms with Crippen LogP contribution in [0.15, 0.2) is 41.5 Å². The minimum atomic E-state index is 0.286. The van der Waals surface area contributed by atoms with Gasteiger partial charge in [0.1, 0.15) is 11.6 Å². The summed E-state index contributed by atoms with van der Waals surface area (Å²) in [5.41, 5.74) is 1.20. The predicted molar refractivity (Wildman–Crippen MR) is 74.9 cm³/mol. The second-order valence-corrected chi connectivity index (χ2v) is 4.35. The van der Waals surface area contributed by atoms with E-state index in [1.165, 1.54) is 6.20 Å². The quantitative estimate of drug-likeness (QED) is 0.480. The van der Waals surface area contributed by atoms with Crippen molar-refractivity contribution in [1.29, 1.82) is 5.26 Å². The van der Waals surface area contributed by atoms with Crippen molar-refractivity contribution in [1.82, 2.24) is 14.7 Å². The number of benzene rings is 1. The summed E-state index contributed by atoms with van der Waals surface area (Å²) >= 11 is 6.02. The summed E-state index contributed by atoms with van der Waals surface area (Å²) in [6.07, 6.45) is 1.48. The van der Waals surface area contributed by atoms with Gasteiger partial charge in [-0.2, -0.15) is 15.4 Å². The van der Waals surface area contributed by atoms with E-state index in [9.17, 15) is 0 Å². The minimum Gasteiger partial charge on any atom is -0.353 e. The lowest BCUT2D eigenvalue weighted by molar-refractivity contribution is 0.634. The molecule has 0 aliphatic carbocycles. The highest BCUT2D eigenvalue weighted by Gasteiger charge is 2.12. The van der Waals surface area contributed by atoms with Gasteiger partial charge in [0.15, 0.2) is 11.1 Å². The van der Waals surface area contributed by atoms with E-state index < -0.39 is 0 Å². The van der Waals surface area contributed by atoms with Crippen molar-refractivity contribution in [2.24, 2.45) is 4.99 Å². The van der Waals surface area contributed by atoms with Gasteiger partial charge >= 0.3 is 0 Å². The van der Waals surface area contributed by atoms with Gasteiger partial charge in [-0.25, -0.2) is 4.68 Å². The number of aromatic nitrogens is 2. The van der Waals surface area contributed by atoms with Crippen LogP contribution in [0.25, 0.3) is 5.69 Å². The fourth-order valence-corrected chi connectivity index (χ4v) is 1.55. The summed E-state index contributed by atoms with van der Waals surface area (Å²) in [4.78, 5) is 5.91. The molecule has 0 N–H and O–H groups in total. The summed E-state index contributed by atoms with van der Waals surface area (Å²) in [7, 11) is 3.56. The Hall–Kier alpha value is -2.32. The van der Waals surface area contributed by atoms with Gasteiger partial charge in [-0.05, 0) is 23.7 Å². The molecule has 19 heavy (non-hydrogen) atoms. The molecule has 2 aromatic rings. The third kappa shape index (κ3) is 2.75. The van der Waals surface area contributed by atoms with Gasteiger partial charge in [0.25, 0.3) is 0 Å². The first kappa shape index (κ1) is 13.1. The molecule has 0 saturated heterocycles. The Morgan fingerprint density at radius 3 is 2.63 bits per heavy atom. The van der Waals surface area contributed by atoms with Crippen molar-refractivity contribution >= 4 is 22.7 Å². The number of nitriles is 1. The highest BCUT2D eigenvalue weighted by molar-refractivity contribution is 6.64. The van der Waals surface area contributed by atoms with Crippen LogP contribution in [0.5, 0.6) is 0 Å². The molecule has 1 aromatic heterocycles. The second kappa shape index (κ2) is 5.55. The maximum atomic E-state index is 9.10. The average Bonchev–Trinajstić information content (AvgIpc) is 2.82. The molecule has 0 aliphatic heterocycles. The largest absolute Gasteiger partial charge is 0.353 e. The van der Waals surface area contributed by atoms with E-state index in [1.807, 2.05) is 30.3 Å². The second-order valence-electron chi connectivity index (χ2n) is 4.02. The van der Waals surface area contributed by atoms with Gasteiger partial charge in [0.2, 0.25) is 0 Å². The zero-order chi connectivity index (χ0) is 13.8. The Morgan fingerprint density at radius 1 is 1.37 bits per heavy atom. The Bertz CT molecular complexity index is 637. The monoisotopic (exact) mass is 273 g/mol. The van der Waals surface area contributed by atoms with Crippen molar-refractivity contribution in [2.45, 2.75) is 0 Å². The molecule has 0 saturated carbocycles. The fourth-order valence-electron chi connectivity index (χ4n) is 1.47. The topological polar surface area (TPSA) is 57.2 Å². The van der Waals surface area contributed by atoms with Crippen LogP contribution in [0, 0.1) is 11.3 Å². The van der Waals surface area contributed by atoms with Crippen molar-refractivity contribution < 1.29 is 0 Å². The summed E-state index contributed by atoms with van der Waals surface area (Å²) in [5.74, 6) is 0.424. The maximum Gasteiger partial charge on any atom is 0.200 e. The third-order valence-electron chi connectivity index (χ3n) is 2.43. The molecule has 2 rings (SSSR count). The molecule has 0 fully saturated rings. The lowest BCUT2D eigenvalue weighted by Crippen LogP contribution is -2.16. The van der Waals surface area contributed by atoms with E-state index in [4.69, 9.17) is 16.9 Å². The number of aliphatic imine (C=N–C) groups is 1. The van der Waals surface area contributed by atoms with E-state index in [2.05, 4.69) is 16.2 Å². The van der Waals surface area contributed by atoms with Crippen LogP contribution in [-0.4, -0.2) is 34.1 Å². The average molecular weight is 274 g/mol. The van der Waals surface area contributed by atoms with E-state index >= 15 is 0 Å². The van der Waals surface area contributed by atoms with Crippen LogP contribution in [0.1, 0.15) is 5.56 Å². The molecular weight excluding hydrogens is 262 g/mol. The van der Waals surface area contributed by atoms with E-state index in [0.717, 1.165) is 5.69 Å². The SMILES string of the molecule is CN(C)/C(Cl)=N/c1c(C#N)cnn1-c1ccccc1. The van der Waals surface area contributed by atoms with E-state index in [-0.39, 0.29) is 5.29 Å². The number of hydrogen-bond donors (Lipinski definition) is 0. The van der Waals surface area contributed by atoms with Crippen LogP contribution >= 0.6 is 11.6 Å². The first-order valence-corrected chi connectivity index (χ1v) is 5.96. The summed E-state index contributed by atoms with van der Waals surface area (Å²) < 4.78 is 1.59. The molecule has 0 aliphatic rings. The summed E-state index contributed by atoms with van der Waals surface area (Å²) in [5, 5.41) is 13.6. The molecule has 5 nitrogen and oxygen atoms in total. The predicted octanol–water partition coefficient (Wildman–Crippen LogP) is 2.53. The lowest BCUT2D eigenvalue weighted by Gasteiger charge is -2.09. The molecule has 6 heteroatoms. The van der Waals surface area contributed by atoms with Crippen LogP contribution in [0.4, 0.5) is 5.82 Å². The molecule has 1 heterocycles. The number of hydrogen-bond acceptors (Lipinski definition) is 3. The van der Waals surface area contributed by atoms with Crippen molar-refractivity contribution in [2.75, 3.05) is 14.1 Å². The van der Waals surface area contributed by atoms with E-state index in [1.54, 1.807) is 23.7 Å².